The van der Waals surface area contributed by atoms with E-state index in [1.165, 1.54) is 6.07 Å². The van der Waals surface area contributed by atoms with E-state index in [1.807, 2.05) is 25.7 Å². The summed E-state index contributed by atoms with van der Waals surface area (Å²) in [7, 11) is 0. The van der Waals surface area contributed by atoms with Crippen molar-refractivity contribution in [2.75, 3.05) is 49.6 Å². The van der Waals surface area contributed by atoms with Gasteiger partial charge in [0.25, 0.3) is 0 Å². The monoisotopic (exact) mass is 421 g/mol. The van der Waals surface area contributed by atoms with Crippen molar-refractivity contribution in [2.24, 2.45) is 5.92 Å². The second-order valence-electron chi connectivity index (χ2n) is 8.93. The highest BCUT2D eigenvalue weighted by Gasteiger charge is 2.28. The van der Waals surface area contributed by atoms with Crippen LogP contribution in [0.25, 0.3) is 0 Å². The highest BCUT2D eigenvalue weighted by atomic mass is 19.1. The van der Waals surface area contributed by atoms with E-state index in [4.69, 9.17) is 9.47 Å². The van der Waals surface area contributed by atoms with Gasteiger partial charge in [0.2, 0.25) is 5.91 Å². The van der Waals surface area contributed by atoms with Gasteiger partial charge in [-0.2, -0.15) is 0 Å². The number of anilines is 2. The van der Waals surface area contributed by atoms with Crippen molar-refractivity contribution in [3.8, 4) is 0 Å². The summed E-state index contributed by atoms with van der Waals surface area (Å²) in [4.78, 5) is 28.2. The molecule has 2 amide bonds. The van der Waals surface area contributed by atoms with Crippen molar-refractivity contribution in [1.29, 1.82) is 0 Å². The third kappa shape index (κ3) is 6.32. The van der Waals surface area contributed by atoms with E-state index in [0.29, 0.717) is 57.2 Å². The lowest BCUT2D eigenvalue weighted by Gasteiger charge is -2.33. The average Bonchev–Trinajstić information content (AvgIpc) is 2.68. The fourth-order valence-corrected chi connectivity index (χ4v) is 3.77. The van der Waals surface area contributed by atoms with E-state index in [1.54, 1.807) is 17.0 Å². The van der Waals surface area contributed by atoms with Crippen LogP contribution >= 0.6 is 0 Å². The molecule has 2 heterocycles. The van der Waals surface area contributed by atoms with E-state index in [9.17, 15) is 14.0 Å². The molecule has 1 aromatic carbocycles. The fraction of sp³-hybridized carbons (Fsp3) is 0.636. The maximum atomic E-state index is 14.5. The van der Waals surface area contributed by atoms with Crippen molar-refractivity contribution in [1.82, 2.24) is 4.90 Å². The molecule has 2 aliphatic rings. The Morgan fingerprint density at radius 1 is 1.17 bits per heavy atom. The maximum absolute atomic E-state index is 14.5. The van der Waals surface area contributed by atoms with E-state index < -0.39 is 5.60 Å². The first-order valence-corrected chi connectivity index (χ1v) is 10.6. The van der Waals surface area contributed by atoms with Gasteiger partial charge in [-0.3, -0.25) is 4.79 Å². The van der Waals surface area contributed by atoms with Crippen LogP contribution in [-0.4, -0.2) is 61.9 Å². The number of carbonyl (C=O) groups excluding carboxylic acids is 2. The Morgan fingerprint density at radius 3 is 2.43 bits per heavy atom. The summed E-state index contributed by atoms with van der Waals surface area (Å²) in [5.74, 6) is -0.286. The Morgan fingerprint density at radius 2 is 1.83 bits per heavy atom. The number of carbonyl (C=O) groups is 2. The molecule has 0 unspecified atom stereocenters. The third-order valence-electron chi connectivity index (χ3n) is 5.32. The quantitative estimate of drug-likeness (QED) is 0.804. The lowest BCUT2D eigenvalue weighted by molar-refractivity contribution is -0.117. The first kappa shape index (κ1) is 22.3. The molecule has 1 N–H and O–H groups in total. The minimum absolute atomic E-state index is 0.135. The first-order chi connectivity index (χ1) is 14.2. The second kappa shape index (κ2) is 9.64. The molecule has 2 aliphatic heterocycles. The average molecular weight is 422 g/mol. The Kier molecular flexibility index (Phi) is 7.18. The number of piperidine rings is 1. The van der Waals surface area contributed by atoms with Gasteiger partial charge in [0.05, 0.1) is 18.9 Å². The molecule has 2 fully saturated rings. The predicted molar refractivity (Wildman–Crippen MR) is 113 cm³/mol. The number of ether oxygens (including phenoxy) is 2. The Bertz CT molecular complexity index is 751. The molecule has 0 saturated carbocycles. The maximum Gasteiger partial charge on any atom is 0.410 e. The van der Waals surface area contributed by atoms with Crippen molar-refractivity contribution >= 4 is 23.4 Å². The van der Waals surface area contributed by atoms with Gasteiger partial charge in [0.15, 0.2) is 0 Å². The van der Waals surface area contributed by atoms with Crippen molar-refractivity contribution in [2.45, 2.75) is 45.6 Å². The molecule has 1 aromatic rings. The second-order valence-corrected chi connectivity index (χ2v) is 8.93. The number of nitrogens with zero attached hydrogens (tertiary/aromatic N) is 2. The van der Waals surface area contributed by atoms with Crippen LogP contribution < -0.4 is 10.2 Å². The molecule has 30 heavy (non-hydrogen) atoms. The van der Waals surface area contributed by atoms with Gasteiger partial charge in [-0.25, -0.2) is 9.18 Å². The van der Waals surface area contributed by atoms with Crippen molar-refractivity contribution < 1.29 is 23.5 Å². The number of rotatable bonds is 4. The molecule has 0 bridgehead atoms. The van der Waals surface area contributed by atoms with E-state index in [0.717, 1.165) is 12.8 Å². The molecule has 2 saturated heterocycles. The van der Waals surface area contributed by atoms with Gasteiger partial charge < -0.3 is 24.6 Å². The van der Waals surface area contributed by atoms with Crippen LogP contribution in [0.1, 0.15) is 40.0 Å². The molecule has 166 valence electrons. The molecule has 0 aromatic heterocycles. The summed E-state index contributed by atoms with van der Waals surface area (Å²) < 4.78 is 25.2. The third-order valence-corrected chi connectivity index (χ3v) is 5.32. The van der Waals surface area contributed by atoms with Gasteiger partial charge >= 0.3 is 6.09 Å². The summed E-state index contributed by atoms with van der Waals surface area (Å²) in [6.07, 6.45) is 1.55. The molecule has 8 heteroatoms. The van der Waals surface area contributed by atoms with Gasteiger partial charge in [-0.05, 0) is 57.7 Å². The van der Waals surface area contributed by atoms with E-state index in [2.05, 4.69) is 5.32 Å². The number of hydrogen-bond acceptors (Lipinski definition) is 5. The van der Waals surface area contributed by atoms with E-state index in [-0.39, 0.29) is 23.7 Å². The number of halogens is 1. The highest BCUT2D eigenvalue weighted by Crippen LogP contribution is 2.26. The Labute approximate surface area is 177 Å². The lowest BCUT2D eigenvalue weighted by atomic mass is 9.93. The minimum atomic E-state index is -0.513. The van der Waals surface area contributed by atoms with Crippen LogP contribution in [0, 0.1) is 11.7 Å². The largest absolute Gasteiger partial charge is 0.444 e. The number of benzene rings is 1. The van der Waals surface area contributed by atoms with E-state index >= 15 is 0 Å². The topological polar surface area (TPSA) is 71.1 Å². The molecular formula is C22H32FN3O4. The smallest absolute Gasteiger partial charge is 0.410 e. The molecule has 3 rings (SSSR count). The standard InChI is InChI=1S/C22H32FN3O4/c1-22(2,3)30-21(28)26-8-6-16(7-9-26)14-20(27)24-17-4-5-19(18(23)15-17)25-10-12-29-13-11-25/h4-5,15-16H,6-14H2,1-3H3,(H,24,27). The van der Waals surface area contributed by atoms with Gasteiger partial charge in [-0.1, -0.05) is 0 Å². The number of morpholine rings is 1. The van der Waals surface area contributed by atoms with Crippen LogP contribution in [0.15, 0.2) is 18.2 Å². The first-order valence-electron chi connectivity index (χ1n) is 10.6. The zero-order valence-electron chi connectivity index (χ0n) is 18.1. The Hall–Kier alpha value is -2.35. The molecule has 7 nitrogen and oxygen atoms in total. The summed E-state index contributed by atoms with van der Waals surface area (Å²) in [5.41, 5.74) is 0.479. The number of likely N-dealkylation sites (tertiary alicyclic amines) is 1. The summed E-state index contributed by atoms with van der Waals surface area (Å²) in [6.45, 7) is 9.19. The van der Waals surface area contributed by atoms with Crippen LogP contribution in [0.2, 0.25) is 0 Å². The van der Waals surface area contributed by atoms with Crippen molar-refractivity contribution in [3.63, 3.8) is 0 Å². The summed E-state index contributed by atoms with van der Waals surface area (Å²) >= 11 is 0. The van der Waals surface area contributed by atoms with Crippen LogP contribution in [0.3, 0.4) is 0 Å². The highest BCUT2D eigenvalue weighted by molar-refractivity contribution is 5.91. The minimum Gasteiger partial charge on any atom is -0.444 e. The zero-order chi connectivity index (χ0) is 21.7. The molecular weight excluding hydrogens is 389 g/mol. The van der Waals surface area contributed by atoms with Crippen LogP contribution in [0.5, 0.6) is 0 Å². The molecule has 0 radical (unpaired) electrons. The van der Waals surface area contributed by atoms with Gasteiger partial charge in [0, 0.05) is 38.3 Å². The number of nitrogens with one attached hydrogen (secondary N) is 1. The van der Waals surface area contributed by atoms with Crippen LogP contribution in [0.4, 0.5) is 20.6 Å². The zero-order valence-corrected chi connectivity index (χ0v) is 18.1. The molecule has 0 spiro atoms. The van der Waals surface area contributed by atoms with Gasteiger partial charge in [-0.15, -0.1) is 0 Å². The normalized spacial score (nSPS) is 18.3. The summed E-state index contributed by atoms with van der Waals surface area (Å²) in [5, 5.41) is 2.80. The number of amides is 2. The SMILES string of the molecule is CC(C)(C)OC(=O)N1CCC(CC(=O)Nc2ccc(N3CCOCC3)c(F)c2)CC1. The summed E-state index contributed by atoms with van der Waals surface area (Å²) in [6, 6.07) is 4.81. The van der Waals surface area contributed by atoms with Crippen LogP contribution in [-0.2, 0) is 14.3 Å². The number of hydrogen-bond donors (Lipinski definition) is 1. The predicted octanol–water partition coefficient (Wildman–Crippen LogP) is 3.64. The lowest BCUT2D eigenvalue weighted by Crippen LogP contribution is -2.42. The Balaban J connectivity index is 1.46. The van der Waals surface area contributed by atoms with Gasteiger partial charge in [0.1, 0.15) is 11.4 Å². The molecule has 0 atom stereocenters. The van der Waals surface area contributed by atoms with Crippen molar-refractivity contribution in [3.05, 3.63) is 24.0 Å². The molecule has 0 aliphatic carbocycles. The fourth-order valence-electron chi connectivity index (χ4n) is 3.77.